The molecule has 1 rings (SSSR count). The van der Waals surface area contributed by atoms with Crippen LogP contribution in [0.2, 0.25) is 0 Å². The first-order valence-corrected chi connectivity index (χ1v) is 4.67. The van der Waals surface area contributed by atoms with Crippen molar-refractivity contribution in [2.75, 3.05) is 26.8 Å². The number of ether oxygens (including phenoxy) is 2. The van der Waals surface area contributed by atoms with Gasteiger partial charge < -0.3 is 14.4 Å². The van der Waals surface area contributed by atoms with Crippen LogP contribution in [-0.2, 0) is 19.1 Å². The van der Waals surface area contributed by atoms with E-state index in [1.54, 1.807) is 14.0 Å². The molecule has 0 bridgehead atoms. The lowest BCUT2D eigenvalue weighted by atomic mass is 10.3. The van der Waals surface area contributed by atoms with Crippen LogP contribution in [0.3, 0.4) is 0 Å². The molecule has 0 N–H and O–H groups in total. The van der Waals surface area contributed by atoms with E-state index in [-0.39, 0.29) is 12.7 Å². The molecule has 0 aromatic heterocycles. The van der Waals surface area contributed by atoms with Gasteiger partial charge in [0.25, 0.3) is 0 Å². The number of rotatable bonds is 2. The number of methoxy groups -OCH3 is 1. The molecule has 0 spiro atoms. The molecule has 5 heteroatoms. The Morgan fingerprint density at radius 1 is 1.50 bits per heavy atom. The SMILES string of the molecule is CCOC(=O)C(=O)N1CCC(OC)C1. The van der Waals surface area contributed by atoms with Crippen LogP contribution < -0.4 is 0 Å². The van der Waals surface area contributed by atoms with Gasteiger partial charge in [0.2, 0.25) is 0 Å². The molecule has 1 aliphatic rings. The van der Waals surface area contributed by atoms with Gasteiger partial charge in [0, 0.05) is 20.2 Å². The summed E-state index contributed by atoms with van der Waals surface area (Å²) in [5.41, 5.74) is 0. The molecule has 14 heavy (non-hydrogen) atoms. The molecule has 1 saturated heterocycles. The third kappa shape index (κ3) is 2.45. The first-order valence-electron chi connectivity index (χ1n) is 4.67. The van der Waals surface area contributed by atoms with E-state index in [9.17, 15) is 9.59 Å². The van der Waals surface area contributed by atoms with E-state index in [2.05, 4.69) is 4.74 Å². The van der Waals surface area contributed by atoms with Gasteiger partial charge in [-0.1, -0.05) is 0 Å². The average Bonchev–Trinajstić information content (AvgIpc) is 2.65. The number of esters is 1. The third-order valence-electron chi connectivity index (χ3n) is 2.22. The van der Waals surface area contributed by atoms with Crippen LogP contribution in [0.25, 0.3) is 0 Å². The summed E-state index contributed by atoms with van der Waals surface area (Å²) in [6, 6.07) is 0. The van der Waals surface area contributed by atoms with E-state index in [4.69, 9.17) is 4.74 Å². The van der Waals surface area contributed by atoms with E-state index >= 15 is 0 Å². The highest BCUT2D eigenvalue weighted by atomic mass is 16.5. The summed E-state index contributed by atoms with van der Waals surface area (Å²) in [6.07, 6.45) is 0.829. The van der Waals surface area contributed by atoms with E-state index in [0.29, 0.717) is 13.1 Å². The second-order valence-electron chi connectivity index (χ2n) is 3.12. The van der Waals surface area contributed by atoms with Gasteiger partial charge in [0.15, 0.2) is 0 Å². The molecule has 0 aromatic rings. The minimum atomic E-state index is -0.774. The second-order valence-corrected chi connectivity index (χ2v) is 3.12. The summed E-state index contributed by atoms with van der Waals surface area (Å²) in [5.74, 6) is -1.34. The number of nitrogens with zero attached hydrogens (tertiary/aromatic N) is 1. The van der Waals surface area contributed by atoms with Crippen molar-refractivity contribution in [1.29, 1.82) is 0 Å². The molecule has 1 atom stereocenters. The van der Waals surface area contributed by atoms with E-state index in [0.717, 1.165) is 6.42 Å². The van der Waals surface area contributed by atoms with Crippen molar-refractivity contribution in [2.45, 2.75) is 19.4 Å². The largest absolute Gasteiger partial charge is 0.459 e. The Balaban J connectivity index is 2.42. The van der Waals surface area contributed by atoms with E-state index in [1.807, 2.05) is 0 Å². The Morgan fingerprint density at radius 3 is 2.71 bits per heavy atom. The molecule has 5 nitrogen and oxygen atoms in total. The van der Waals surface area contributed by atoms with Gasteiger partial charge in [-0.3, -0.25) is 4.79 Å². The lowest BCUT2D eigenvalue weighted by Crippen LogP contribution is -2.36. The van der Waals surface area contributed by atoms with Crippen LogP contribution in [0.15, 0.2) is 0 Å². The van der Waals surface area contributed by atoms with Crippen molar-refractivity contribution in [3.63, 3.8) is 0 Å². The number of carbonyl (C=O) groups excluding carboxylic acids is 2. The van der Waals surface area contributed by atoms with Gasteiger partial charge >= 0.3 is 11.9 Å². The first-order chi connectivity index (χ1) is 6.69. The van der Waals surface area contributed by atoms with Gasteiger partial charge in [0.05, 0.1) is 12.7 Å². The molecule has 1 unspecified atom stereocenters. The predicted octanol–water partition coefficient (Wildman–Crippen LogP) is -0.203. The molecule has 0 radical (unpaired) electrons. The van der Waals surface area contributed by atoms with Crippen LogP contribution >= 0.6 is 0 Å². The Labute approximate surface area is 83.0 Å². The lowest BCUT2D eigenvalue weighted by Gasteiger charge is -2.14. The van der Waals surface area contributed by atoms with Crippen molar-refractivity contribution in [2.24, 2.45) is 0 Å². The fraction of sp³-hybridized carbons (Fsp3) is 0.778. The first kappa shape index (κ1) is 11.0. The molecular formula is C9H15NO4. The Morgan fingerprint density at radius 2 is 2.21 bits per heavy atom. The maximum absolute atomic E-state index is 11.4. The van der Waals surface area contributed by atoms with Crippen LogP contribution in [0.5, 0.6) is 0 Å². The summed E-state index contributed by atoms with van der Waals surface area (Å²) < 4.78 is 9.70. The smallest absolute Gasteiger partial charge is 0.397 e. The van der Waals surface area contributed by atoms with Crippen molar-refractivity contribution in [3.05, 3.63) is 0 Å². The van der Waals surface area contributed by atoms with Crippen molar-refractivity contribution < 1.29 is 19.1 Å². The Kier molecular flexibility index (Phi) is 3.88. The quantitative estimate of drug-likeness (QED) is 0.458. The number of carbonyl (C=O) groups is 2. The number of amides is 1. The van der Waals surface area contributed by atoms with Gasteiger partial charge in [-0.2, -0.15) is 0 Å². The predicted molar refractivity (Wildman–Crippen MR) is 48.6 cm³/mol. The Bertz CT molecular complexity index is 229. The lowest BCUT2D eigenvalue weighted by molar-refractivity contribution is -0.159. The zero-order valence-corrected chi connectivity index (χ0v) is 8.49. The minimum Gasteiger partial charge on any atom is -0.459 e. The van der Waals surface area contributed by atoms with Gasteiger partial charge in [0.1, 0.15) is 0 Å². The summed E-state index contributed by atoms with van der Waals surface area (Å²) in [6.45, 7) is 2.95. The van der Waals surface area contributed by atoms with Crippen LogP contribution in [0.4, 0.5) is 0 Å². The fourth-order valence-corrected chi connectivity index (χ4v) is 1.43. The van der Waals surface area contributed by atoms with Gasteiger partial charge in [-0.15, -0.1) is 0 Å². The number of hydrogen-bond donors (Lipinski definition) is 0. The molecule has 0 aromatic carbocycles. The third-order valence-corrected chi connectivity index (χ3v) is 2.22. The van der Waals surface area contributed by atoms with Crippen LogP contribution in [-0.4, -0.2) is 49.7 Å². The number of hydrogen-bond acceptors (Lipinski definition) is 4. The Hall–Kier alpha value is -1.10. The highest BCUT2D eigenvalue weighted by Gasteiger charge is 2.30. The zero-order chi connectivity index (χ0) is 10.6. The zero-order valence-electron chi connectivity index (χ0n) is 8.49. The maximum Gasteiger partial charge on any atom is 0.397 e. The molecule has 1 amide bonds. The van der Waals surface area contributed by atoms with E-state index in [1.165, 1.54) is 4.90 Å². The fourth-order valence-electron chi connectivity index (χ4n) is 1.43. The van der Waals surface area contributed by atoms with Crippen molar-refractivity contribution in [3.8, 4) is 0 Å². The van der Waals surface area contributed by atoms with Crippen LogP contribution in [0.1, 0.15) is 13.3 Å². The highest BCUT2D eigenvalue weighted by molar-refractivity contribution is 6.32. The molecule has 0 aliphatic carbocycles. The van der Waals surface area contributed by atoms with Crippen LogP contribution in [0, 0.1) is 0 Å². The molecule has 1 fully saturated rings. The molecule has 0 saturated carbocycles. The number of likely N-dealkylation sites (tertiary alicyclic amines) is 1. The molecular weight excluding hydrogens is 186 g/mol. The van der Waals surface area contributed by atoms with Gasteiger partial charge in [-0.25, -0.2) is 4.79 Å². The minimum absolute atomic E-state index is 0.0494. The normalized spacial score (nSPS) is 21.0. The summed E-state index contributed by atoms with van der Waals surface area (Å²) >= 11 is 0. The monoisotopic (exact) mass is 201 g/mol. The van der Waals surface area contributed by atoms with E-state index < -0.39 is 11.9 Å². The van der Waals surface area contributed by atoms with Gasteiger partial charge in [-0.05, 0) is 13.3 Å². The average molecular weight is 201 g/mol. The molecule has 1 aliphatic heterocycles. The topological polar surface area (TPSA) is 55.8 Å². The summed E-state index contributed by atoms with van der Waals surface area (Å²) in [5, 5.41) is 0. The summed E-state index contributed by atoms with van der Waals surface area (Å²) in [7, 11) is 1.60. The molecule has 1 heterocycles. The van der Waals surface area contributed by atoms with Crippen molar-refractivity contribution in [1.82, 2.24) is 4.90 Å². The highest BCUT2D eigenvalue weighted by Crippen LogP contribution is 2.11. The summed E-state index contributed by atoms with van der Waals surface area (Å²) in [4.78, 5) is 23.9. The molecule has 80 valence electrons. The van der Waals surface area contributed by atoms with Crippen molar-refractivity contribution >= 4 is 11.9 Å². The maximum atomic E-state index is 11.4. The second kappa shape index (κ2) is 4.95. The standard InChI is InChI=1S/C9H15NO4/c1-3-14-9(12)8(11)10-5-4-7(6-10)13-2/h7H,3-6H2,1-2H3.